The van der Waals surface area contributed by atoms with Gasteiger partial charge in [0, 0.05) is 10.8 Å². The Morgan fingerprint density at radius 2 is 2.00 bits per heavy atom. The van der Waals surface area contributed by atoms with Gasteiger partial charge in [0.25, 0.3) is 0 Å². The average molecular weight is 375 g/mol. The van der Waals surface area contributed by atoms with Gasteiger partial charge in [-0.05, 0) is 19.3 Å². The van der Waals surface area contributed by atoms with E-state index in [9.17, 15) is 4.79 Å². The maximum absolute atomic E-state index is 12.4. The highest BCUT2D eigenvalue weighted by Gasteiger charge is 2.30. The zero-order chi connectivity index (χ0) is 19.1. The van der Waals surface area contributed by atoms with Crippen LogP contribution in [0.2, 0.25) is 0 Å². The Morgan fingerprint density at radius 1 is 1.27 bits per heavy atom. The maximum Gasteiger partial charge on any atom is 0.247 e. The Morgan fingerprint density at radius 3 is 2.62 bits per heavy atom. The lowest BCUT2D eigenvalue weighted by Crippen LogP contribution is -2.40. The van der Waals surface area contributed by atoms with Crippen molar-refractivity contribution in [2.24, 2.45) is 5.92 Å². The fourth-order valence-electron chi connectivity index (χ4n) is 2.74. The molecule has 3 rings (SSSR count). The molecule has 0 fully saturated rings. The van der Waals surface area contributed by atoms with Gasteiger partial charge in [-0.1, -0.05) is 34.6 Å². The van der Waals surface area contributed by atoms with Crippen LogP contribution in [-0.2, 0) is 10.2 Å². The molecule has 0 radical (unpaired) electrons. The van der Waals surface area contributed by atoms with Gasteiger partial charge >= 0.3 is 0 Å². The third-order valence-electron chi connectivity index (χ3n) is 4.10. The lowest BCUT2D eigenvalue weighted by Gasteiger charge is -2.28. The molecule has 1 unspecified atom stereocenters. The summed E-state index contributed by atoms with van der Waals surface area (Å²) in [5.74, 6) is 2.19. The number of aromatic nitrogens is 3. The van der Waals surface area contributed by atoms with Crippen molar-refractivity contribution in [3.63, 3.8) is 0 Å². The van der Waals surface area contributed by atoms with E-state index < -0.39 is 0 Å². The lowest BCUT2D eigenvalue weighted by atomic mass is 9.93. The van der Waals surface area contributed by atoms with Gasteiger partial charge in [-0.3, -0.25) is 4.79 Å². The number of hydrogen-bond acceptors (Lipinski definition) is 7. The first-order chi connectivity index (χ1) is 12.1. The number of carbonyl (C=O) groups excluding carboxylic acids is 1. The normalized spacial score (nSPS) is 16.9. The van der Waals surface area contributed by atoms with Crippen LogP contribution in [0.1, 0.15) is 52.6 Å². The summed E-state index contributed by atoms with van der Waals surface area (Å²) >= 11 is 1.52. The van der Waals surface area contributed by atoms with Crippen LogP contribution in [0.15, 0.2) is 5.38 Å². The largest absolute Gasteiger partial charge is 0.356 e. The molecule has 1 atom stereocenters. The van der Waals surface area contributed by atoms with E-state index in [2.05, 4.69) is 65.5 Å². The molecule has 0 saturated carbocycles. The van der Waals surface area contributed by atoms with Crippen molar-refractivity contribution < 1.29 is 4.79 Å². The minimum atomic E-state index is -0.281. The number of anilines is 4. The van der Waals surface area contributed by atoms with Gasteiger partial charge in [0.15, 0.2) is 16.8 Å². The number of thiazole rings is 1. The van der Waals surface area contributed by atoms with E-state index in [4.69, 9.17) is 0 Å². The molecule has 8 heteroatoms. The maximum atomic E-state index is 12.4. The van der Waals surface area contributed by atoms with E-state index in [-0.39, 0.29) is 17.4 Å². The SMILES string of the molecule is Cc1nc(Nc2nc(C(C)(C)C)cs2)c2c(n1)NC(CC(C)C)C(=O)N2. The van der Waals surface area contributed by atoms with E-state index in [1.165, 1.54) is 11.3 Å². The van der Waals surface area contributed by atoms with Crippen molar-refractivity contribution in [3.8, 4) is 0 Å². The molecule has 140 valence electrons. The number of amides is 1. The molecule has 2 aromatic rings. The number of rotatable bonds is 4. The monoisotopic (exact) mass is 374 g/mol. The van der Waals surface area contributed by atoms with Gasteiger partial charge in [0.2, 0.25) is 5.91 Å². The quantitative estimate of drug-likeness (QED) is 0.747. The van der Waals surface area contributed by atoms with Gasteiger partial charge in [-0.2, -0.15) is 0 Å². The molecular weight excluding hydrogens is 348 g/mol. The van der Waals surface area contributed by atoms with Crippen molar-refractivity contribution >= 4 is 39.7 Å². The number of fused-ring (bicyclic) bond motifs is 1. The van der Waals surface area contributed by atoms with Crippen molar-refractivity contribution in [3.05, 3.63) is 16.9 Å². The first-order valence-corrected chi connectivity index (χ1v) is 9.70. The highest BCUT2D eigenvalue weighted by molar-refractivity contribution is 7.13. The molecule has 3 N–H and O–H groups in total. The smallest absolute Gasteiger partial charge is 0.247 e. The molecule has 0 bridgehead atoms. The second-order valence-electron chi connectivity index (χ2n) is 8.07. The second kappa shape index (κ2) is 6.83. The van der Waals surface area contributed by atoms with Crippen LogP contribution in [0.3, 0.4) is 0 Å². The van der Waals surface area contributed by atoms with Gasteiger partial charge in [0.05, 0.1) is 5.69 Å². The highest BCUT2D eigenvalue weighted by Crippen LogP contribution is 2.35. The summed E-state index contributed by atoms with van der Waals surface area (Å²) in [5, 5.41) is 12.2. The van der Waals surface area contributed by atoms with Crippen LogP contribution in [-0.4, -0.2) is 26.9 Å². The fraction of sp³-hybridized carbons (Fsp3) is 0.556. The van der Waals surface area contributed by atoms with Crippen LogP contribution in [0.25, 0.3) is 0 Å². The molecule has 0 saturated heterocycles. The molecule has 2 aromatic heterocycles. The zero-order valence-electron chi connectivity index (χ0n) is 16.1. The molecule has 1 aliphatic rings. The second-order valence-corrected chi connectivity index (χ2v) is 8.93. The van der Waals surface area contributed by atoms with Gasteiger partial charge in [-0.25, -0.2) is 15.0 Å². The van der Waals surface area contributed by atoms with E-state index >= 15 is 0 Å². The standard InChI is InChI=1S/C18H26N6OS/c1-9(2)7-11-16(25)23-13-14(21-11)19-10(3)20-15(13)24-17-22-12(8-26-17)18(4,5)6/h8-9,11H,7H2,1-6H3,(H,23,25)(H2,19,20,21,22,24). The number of nitrogens with zero attached hydrogens (tertiary/aromatic N) is 3. The number of aryl methyl sites for hydroxylation is 1. The van der Waals surface area contributed by atoms with Crippen molar-refractivity contribution in [1.29, 1.82) is 0 Å². The summed E-state index contributed by atoms with van der Waals surface area (Å²) < 4.78 is 0. The fourth-order valence-corrected chi connectivity index (χ4v) is 3.68. The van der Waals surface area contributed by atoms with Gasteiger partial charge in [-0.15, -0.1) is 11.3 Å². The Bertz CT molecular complexity index is 824. The summed E-state index contributed by atoms with van der Waals surface area (Å²) in [4.78, 5) is 26.0. The molecular formula is C18H26N6OS. The molecule has 26 heavy (non-hydrogen) atoms. The predicted octanol–water partition coefficient (Wildman–Crippen LogP) is 4.06. The Kier molecular flexibility index (Phi) is 4.88. The predicted molar refractivity (Wildman–Crippen MR) is 106 cm³/mol. The van der Waals surface area contributed by atoms with Crippen LogP contribution in [0.4, 0.5) is 22.5 Å². The van der Waals surface area contributed by atoms with E-state index in [0.717, 1.165) is 17.2 Å². The first kappa shape index (κ1) is 18.6. The van der Waals surface area contributed by atoms with E-state index in [1.54, 1.807) is 0 Å². The Hall–Kier alpha value is -2.22. The highest BCUT2D eigenvalue weighted by atomic mass is 32.1. The molecule has 0 spiro atoms. The topological polar surface area (TPSA) is 91.8 Å². The summed E-state index contributed by atoms with van der Waals surface area (Å²) in [6, 6.07) is -0.281. The zero-order valence-corrected chi connectivity index (χ0v) is 16.9. The van der Waals surface area contributed by atoms with Crippen molar-refractivity contribution in [2.45, 2.75) is 59.4 Å². The first-order valence-electron chi connectivity index (χ1n) is 8.82. The number of hydrogen-bond donors (Lipinski definition) is 3. The van der Waals surface area contributed by atoms with Gasteiger partial charge in [0.1, 0.15) is 17.6 Å². The molecule has 3 heterocycles. The van der Waals surface area contributed by atoms with Crippen LogP contribution < -0.4 is 16.0 Å². The van der Waals surface area contributed by atoms with Crippen LogP contribution in [0.5, 0.6) is 0 Å². The van der Waals surface area contributed by atoms with Gasteiger partial charge < -0.3 is 16.0 Å². The third kappa shape index (κ3) is 3.95. The summed E-state index contributed by atoms with van der Waals surface area (Å²) in [5.41, 5.74) is 1.58. The minimum Gasteiger partial charge on any atom is -0.356 e. The third-order valence-corrected chi connectivity index (χ3v) is 4.86. The van der Waals surface area contributed by atoms with Crippen molar-refractivity contribution in [2.75, 3.05) is 16.0 Å². The minimum absolute atomic E-state index is 0.0166. The molecule has 7 nitrogen and oxygen atoms in total. The summed E-state index contributed by atoms with van der Waals surface area (Å²) in [6.07, 6.45) is 0.749. The molecule has 1 aliphatic heterocycles. The van der Waals surface area contributed by atoms with E-state index in [0.29, 0.717) is 29.1 Å². The van der Waals surface area contributed by atoms with Crippen molar-refractivity contribution in [1.82, 2.24) is 15.0 Å². The summed E-state index contributed by atoms with van der Waals surface area (Å²) in [6.45, 7) is 12.4. The summed E-state index contributed by atoms with van der Waals surface area (Å²) in [7, 11) is 0. The van der Waals surface area contributed by atoms with Crippen LogP contribution in [0, 0.1) is 12.8 Å². The van der Waals surface area contributed by atoms with Crippen LogP contribution >= 0.6 is 11.3 Å². The molecule has 1 amide bonds. The Balaban J connectivity index is 1.89. The molecule has 0 aliphatic carbocycles. The number of nitrogens with one attached hydrogen (secondary N) is 3. The molecule has 0 aromatic carbocycles. The Labute approximate surface area is 158 Å². The van der Waals surface area contributed by atoms with E-state index in [1.807, 2.05) is 12.3 Å². The lowest BCUT2D eigenvalue weighted by molar-refractivity contribution is -0.117. The number of carbonyl (C=O) groups is 1. The average Bonchev–Trinajstić information content (AvgIpc) is 2.97.